The molecule has 0 aliphatic heterocycles. The molecule has 1 aromatic carbocycles. The Hall–Kier alpha value is -0.140. The van der Waals surface area contributed by atoms with Crippen molar-refractivity contribution >= 4 is 44.4 Å². The molecule has 0 aliphatic carbocycles. The predicted octanol–water partition coefficient (Wildman–Crippen LogP) is 2.82. The number of alkyl halides is 1. The van der Waals surface area contributed by atoms with E-state index >= 15 is 0 Å². The van der Waals surface area contributed by atoms with Crippen LogP contribution in [0.25, 0.3) is 0 Å². The van der Waals surface area contributed by atoms with Crippen LogP contribution >= 0.6 is 38.5 Å². The zero-order valence-electron chi connectivity index (χ0n) is 9.58. The smallest absolute Gasteiger partial charge is 0.251 e. The summed E-state index contributed by atoms with van der Waals surface area (Å²) in [6.07, 6.45) is 0.851. The molecule has 5 heteroatoms. The highest BCUT2D eigenvalue weighted by molar-refractivity contribution is 14.1. The minimum Gasteiger partial charge on any atom is -0.384 e. The summed E-state index contributed by atoms with van der Waals surface area (Å²) in [4.78, 5) is 12.1. The number of rotatable bonds is 6. The van der Waals surface area contributed by atoms with E-state index in [1.807, 2.05) is 24.3 Å². The highest BCUT2D eigenvalue weighted by Crippen LogP contribution is 2.08. The van der Waals surface area contributed by atoms with Crippen LogP contribution < -0.4 is 5.32 Å². The topological polar surface area (TPSA) is 38.3 Å². The van der Waals surface area contributed by atoms with Crippen molar-refractivity contribution in [3.8, 4) is 0 Å². The Morgan fingerprint density at radius 3 is 3.00 bits per heavy atom. The van der Waals surface area contributed by atoms with Crippen molar-refractivity contribution in [1.82, 2.24) is 5.32 Å². The van der Waals surface area contributed by atoms with Gasteiger partial charge in [0.1, 0.15) is 0 Å². The molecule has 0 radical (unpaired) electrons. The molecule has 94 valence electrons. The second-order valence-electron chi connectivity index (χ2n) is 3.61. The Balaban J connectivity index is 2.35. The first kappa shape index (κ1) is 14.9. The molecular formula is C12H15BrINO2. The van der Waals surface area contributed by atoms with Gasteiger partial charge in [-0.05, 0) is 47.2 Å². The van der Waals surface area contributed by atoms with E-state index < -0.39 is 0 Å². The molecule has 0 bridgehead atoms. The van der Waals surface area contributed by atoms with Gasteiger partial charge in [0.15, 0.2) is 0 Å². The van der Waals surface area contributed by atoms with Crippen LogP contribution in [0.5, 0.6) is 0 Å². The molecule has 1 amide bonds. The monoisotopic (exact) mass is 411 g/mol. The summed E-state index contributed by atoms with van der Waals surface area (Å²) >= 11 is 5.67. The van der Waals surface area contributed by atoms with Gasteiger partial charge in [-0.25, -0.2) is 0 Å². The van der Waals surface area contributed by atoms with Gasteiger partial charge < -0.3 is 10.1 Å². The van der Waals surface area contributed by atoms with Crippen LogP contribution in [0.1, 0.15) is 16.8 Å². The van der Waals surface area contributed by atoms with Gasteiger partial charge in [0.05, 0.1) is 6.61 Å². The number of methoxy groups -OCH3 is 1. The maximum absolute atomic E-state index is 11.8. The summed E-state index contributed by atoms with van der Waals surface area (Å²) in [5.74, 6) is -0.0272. The van der Waals surface area contributed by atoms with Crippen molar-refractivity contribution < 1.29 is 9.53 Å². The van der Waals surface area contributed by atoms with Crippen LogP contribution in [0.3, 0.4) is 0 Å². The highest BCUT2D eigenvalue weighted by Gasteiger charge is 2.07. The first-order valence-electron chi connectivity index (χ1n) is 5.30. The summed E-state index contributed by atoms with van der Waals surface area (Å²) in [6.45, 7) is 1.29. The van der Waals surface area contributed by atoms with E-state index in [2.05, 4.69) is 43.8 Å². The number of halogens is 2. The Kier molecular flexibility index (Phi) is 7.06. The number of amides is 1. The minimum atomic E-state index is -0.0272. The SMILES string of the molecule is COCC(Br)CCNC(=O)c1cccc(I)c1. The van der Waals surface area contributed by atoms with Crippen LogP contribution in [-0.2, 0) is 4.74 Å². The zero-order valence-corrected chi connectivity index (χ0v) is 13.3. The number of carbonyl (C=O) groups is 1. The molecule has 1 aromatic rings. The molecule has 1 rings (SSSR count). The molecule has 1 unspecified atom stereocenters. The third-order valence-electron chi connectivity index (χ3n) is 2.18. The lowest BCUT2D eigenvalue weighted by Gasteiger charge is -2.09. The number of hydrogen-bond acceptors (Lipinski definition) is 2. The molecule has 0 aromatic heterocycles. The van der Waals surface area contributed by atoms with Crippen LogP contribution in [0.15, 0.2) is 24.3 Å². The van der Waals surface area contributed by atoms with Crippen LogP contribution in [0, 0.1) is 3.57 Å². The number of ether oxygens (including phenoxy) is 1. The first-order chi connectivity index (χ1) is 8.13. The molecule has 1 atom stereocenters. The maximum Gasteiger partial charge on any atom is 0.251 e. The molecule has 3 nitrogen and oxygen atoms in total. The number of carbonyl (C=O) groups excluding carboxylic acids is 1. The van der Waals surface area contributed by atoms with Crippen molar-refractivity contribution in [3.05, 3.63) is 33.4 Å². The second-order valence-corrected chi connectivity index (χ2v) is 6.15. The molecule has 0 saturated heterocycles. The Morgan fingerprint density at radius 1 is 1.59 bits per heavy atom. The Morgan fingerprint density at radius 2 is 2.35 bits per heavy atom. The normalized spacial score (nSPS) is 12.2. The lowest BCUT2D eigenvalue weighted by atomic mass is 10.2. The Bertz CT molecular complexity index is 373. The average molecular weight is 412 g/mol. The van der Waals surface area contributed by atoms with Gasteiger partial charge in [-0.2, -0.15) is 0 Å². The quantitative estimate of drug-likeness (QED) is 0.577. The largest absolute Gasteiger partial charge is 0.384 e. The third-order valence-corrected chi connectivity index (χ3v) is 3.57. The molecule has 1 N–H and O–H groups in total. The lowest BCUT2D eigenvalue weighted by Crippen LogP contribution is -2.26. The van der Waals surface area contributed by atoms with E-state index in [-0.39, 0.29) is 10.7 Å². The highest BCUT2D eigenvalue weighted by atomic mass is 127. The van der Waals surface area contributed by atoms with Crippen molar-refractivity contribution in [1.29, 1.82) is 0 Å². The Labute approximate surface area is 124 Å². The zero-order chi connectivity index (χ0) is 12.7. The van der Waals surface area contributed by atoms with E-state index in [1.165, 1.54) is 0 Å². The standard InChI is InChI=1S/C12H15BrINO2/c1-17-8-10(13)5-6-15-12(16)9-3-2-4-11(14)7-9/h2-4,7,10H,5-6,8H2,1H3,(H,15,16). The van der Waals surface area contributed by atoms with Crippen LogP contribution in [0.4, 0.5) is 0 Å². The second kappa shape index (κ2) is 8.05. The summed E-state index contributed by atoms with van der Waals surface area (Å²) < 4.78 is 6.06. The summed E-state index contributed by atoms with van der Waals surface area (Å²) in [5.41, 5.74) is 0.703. The fourth-order valence-electron chi connectivity index (χ4n) is 1.34. The van der Waals surface area contributed by atoms with Crippen LogP contribution in [-0.4, -0.2) is 31.0 Å². The maximum atomic E-state index is 11.8. The fraction of sp³-hybridized carbons (Fsp3) is 0.417. The van der Waals surface area contributed by atoms with Gasteiger partial charge >= 0.3 is 0 Å². The van der Waals surface area contributed by atoms with Gasteiger partial charge in [-0.3, -0.25) is 4.79 Å². The molecule has 0 heterocycles. The van der Waals surface area contributed by atoms with Gasteiger partial charge in [0, 0.05) is 27.6 Å². The average Bonchev–Trinajstić information content (AvgIpc) is 2.29. The molecular weight excluding hydrogens is 397 g/mol. The molecule has 0 fully saturated rings. The summed E-state index contributed by atoms with van der Waals surface area (Å²) in [5, 5.41) is 2.89. The number of benzene rings is 1. The van der Waals surface area contributed by atoms with Crippen molar-refractivity contribution in [2.45, 2.75) is 11.2 Å². The summed E-state index contributed by atoms with van der Waals surface area (Å²) in [6, 6.07) is 7.54. The first-order valence-corrected chi connectivity index (χ1v) is 7.29. The van der Waals surface area contributed by atoms with Crippen molar-refractivity contribution in [2.24, 2.45) is 0 Å². The molecule has 17 heavy (non-hydrogen) atoms. The lowest BCUT2D eigenvalue weighted by molar-refractivity contribution is 0.0952. The van der Waals surface area contributed by atoms with Gasteiger partial charge in [-0.1, -0.05) is 22.0 Å². The van der Waals surface area contributed by atoms with Gasteiger partial charge in [-0.15, -0.1) is 0 Å². The molecule has 0 aliphatic rings. The minimum absolute atomic E-state index is 0.0272. The predicted molar refractivity (Wildman–Crippen MR) is 80.7 cm³/mol. The van der Waals surface area contributed by atoms with Gasteiger partial charge in [0.25, 0.3) is 5.91 Å². The molecule has 0 spiro atoms. The van der Waals surface area contributed by atoms with E-state index in [9.17, 15) is 4.79 Å². The fourth-order valence-corrected chi connectivity index (χ4v) is 2.37. The third kappa shape index (κ3) is 5.83. The number of hydrogen-bond donors (Lipinski definition) is 1. The van der Waals surface area contributed by atoms with E-state index in [0.717, 1.165) is 9.99 Å². The van der Waals surface area contributed by atoms with E-state index in [1.54, 1.807) is 7.11 Å². The number of nitrogens with one attached hydrogen (secondary N) is 1. The summed E-state index contributed by atoms with van der Waals surface area (Å²) in [7, 11) is 1.67. The van der Waals surface area contributed by atoms with E-state index in [4.69, 9.17) is 4.74 Å². The van der Waals surface area contributed by atoms with Crippen LogP contribution in [0.2, 0.25) is 0 Å². The van der Waals surface area contributed by atoms with E-state index in [0.29, 0.717) is 18.7 Å². The van der Waals surface area contributed by atoms with Gasteiger partial charge in [0.2, 0.25) is 0 Å². The van der Waals surface area contributed by atoms with Crippen molar-refractivity contribution in [2.75, 3.05) is 20.3 Å². The molecule has 0 saturated carbocycles. The van der Waals surface area contributed by atoms with Crippen molar-refractivity contribution in [3.63, 3.8) is 0 Å².